The molecule has 3 aliphatic rings. The van der Waals surface area contributed by atoms with Crippen LogP contribution >= 0.6 is 0 Å². The molecule has 1 saturated carbocycles. The molecule has 1 N–H and O–H groups in total. The SMILES string of the molecule is Cc1occc1C(=O)N1CCC2(CC1)C[C@@H](CC(=O)NC1CC1)c1ccccc12. The largest absolute Gasteiger partial charge is 0.469 e. The highest BCUT2D eigenvalue weighted by Crippen LogP contribution is 2.52. The summed E-state index contributed by atoms with van der Waals surface area (Å²) >= 11 is 0. The molecule has 0 radical (unpaired) electrons. The predicted octanol–water partition coefficient (Wildman–Crippen LogP) is 3.92. The number of hydrogen-bond donors (Lipinski definition) is 1. The van der Waals surface area contributed by atoms with Gasteiger partial charge in [0.05, 0.1) is 11.8 Å². The van der Waals surface area contributed by atoms with Crippen LogP contribution in [0.15, 0.2) is 41.0 Å². The maximum atomic E-state index is 12.9. The number of furan rings is 1. The van der Waals surface area contributed by atoms with E-state index < -0.39 is 0 Å². The first-order valence-electron chi connectivity index (χ1n) is 10.8. The summed E-state index contributed by atoms with van der Waals surface area (Å²) in [6, 6.07) is 10.8. The van der Waals surface area contributed by atoms with Crippen molar-refractivity contribution in [3.63, 3.8) is 0 Å². The van der Waals surface area contributed by atoms with Gasteiger partial charge in [0, 0.05) is 25.6 Å². The number of piperidine rings is 1. The second-order valence-electron chi connectivity index (χ2n) is 9.00. The van der Waals surface area contributed by atoms with Gasteiger partial charge in [0.25, 0.3) is 5.91 Å². The Hall–Kier alpha value is -2.56. The Kier molecular flexibility index (Phi) is 4.49. The predicted molar refractivity (Wildman–Crippen MR) is 110 cm³/mol. The Labute approximate surface area is 171 Å². The Bertz CT molecular complexity index is 935. The monoisotopic (exact) mass is 392 g/mol. The summed E-state index contributed by atoms with van der Waals surface area (Å²) in [6.45, 7) is 3.33. The van der Waals surface area contributed by atoms with Crippen molar-refractivity contribution < 1.29 is 14.0 Å². The second-order valence-corrected chi connectivity index (χ2v) is 9.00. The minimum absolute atomic E-state index is 0.0674. The molecule has 1 atom stereocenters. The Balaban J connectivity index is 1.31. The summed E-state index contributed by atoms with van der Waals surface area (Å²) in [4.78, 5) is 27.3. The lowest BCUT2D eigenvalue weighted by molar-refractivity contribution is -0.121. The number of amides is 2. The number of carbonyl (C=O) groups is 2. The molecule has 2 amide bonds. The smallest absolute Gasteiger partial charge is 0.257 e. The van der Waals surface area contributed by atoms with Crippen LogP contribution in [0.25, 0.3) is 0 Å². The van der Waals surface area contributed by atoms with Crippen LogP contribution in [0.2, 0.25) is 0 Å². The number of rotatable bonds is 4. The fourth-order valence-corrected chi connectivity index (χ4v) is 5.34. The molecule has 2 aromatic rings. The maximum Gasteiger partial charge on any atom is 0.257 e. The van der Waals surface area contributed by atoms with Crippen molar-refractivity contribution in [1.29, 1.82) is 0 Å². The highest BCUT2D eigenvalue weighted by molar-refractivity contribution is 5.95. The molecule has 152 valence electrons. The van der Waals surface area contributed by atoms with Crippen molar-refractivity contribution in [3.05, 3.63) is 59.0 Å². The van der Waals surface area contributed by atoms with Gasteiger partial charge in [0.15, 0.2) is 0 Å². The number of aryl methyl sites for hydroxylation is 1. The highest BCUT2D eigenvalue weighted by Gasteiger charge is 2.46. The van der Waals surface area contributed by atoms with Crippen LogP contribution in [0.4, 0.5) is 0 Å². The number of benzene rings is 1. The van der Waals surface area contributed by atoms with Gasteiger partial charge in [-0.2, -0.15) is 0 Å². The maximum absolute atomic E-state index is 12.9. The van der Waals surface area contributed by atoms with Crippen molar-refractivity contribution in [2.45, 2.75) is 62.8 Å². The van der Waals surface area contributed by atoms with Crippen LogP contribution in [0.5, 0.6) is 0 Å². The molecule has 29 heavy (non-hydrogen) atoms. The Morgan fingerprint density at radius 2 is 1.93 bits per heavy atom. The van der Waals surface area contributed by atoms with Gasteiger partial charge in [-0.1, -0.05) is 24.3 Å². The standard InChI is InChI=1S/C24H28N2O3/c1-16-19(8-13-29-16)23(28)26-11-9-24(10-12-26)15-17(14-22(27)25-18-6-7-18)20-4-2-3-5-21(20)24/h2-5,8,13,17-18H,6-7,9-12,14-15H2,1H3,(H,25,27)/t17-/m1/s1. The lowest BCUT2D eigenvalue weighted by Gasteiger charge is -2.40. The quantitative estimate of drug-likeness (QED) is 0.858. The van der Waals surface area contributed by atoms with Crippen molar-refractivity contribution in [3.8, 4) is 0 Å². The molecule has 1 saturated heterocycles. The molecule has 2 heterocycles. The summed E-state index contributed by atoms with van der Waals surface area (Å²) in [6.07, 6.45) is 7.32. The van der Waals surface area contributed by atoms with Crippen molar-refractivity contribution in [2.24, 2.45) is 0 Å². The molecule has 1 aromatic heterocycles. The zero-order valence-electron chi connectivity index (χ0n) is 16.9. The molecule has 1 spiro atoms. The summed E-state index contributed by atoms with van der Waals surface area (Å²) < 4.78 is 5.31. The zero-order valence-corrected chi connectivity index (χ0v) is 16.9. The molecule has 1 aromatic carbocycles. The Morgan fingerprint density at radius 3 is 2.62 bits per heavy atom. The molecule has 1 aliphatic heterocycles. The van der Waals surface area contributed by atoms with Gasteiger partial charge in [0.2, 0.25) is 5.91 Å². The van der Waals surface area contributed by atoms with Gasteiger partial charge in [-0.25, -0.2) is 0 Å². The van der Waals surface area contributed by atoms with E-state index in [1.54, 1.807) is 12.3 Å². The van der Waals surface area contributed by atoms with E-state index in [-0.39, 0.29) is 23.1 Å². The number of fused-ring (bicyclic) bond motifs is 2. The van der Waals surface area contributed by atoms with Gasteiger partial charge >= 0.3 is 0 Å². The van der Waals surface area contributed by atoms with E-state index in [2.05, 4.69) is 29.6 Å². The number of carbonyl (C=O) groups excluding carboxylic acids is 2. The summed E-state index contributed by atoms with van der Waals surface area (Å²) in [7, 11) is 0. The number of nitrogens with one attached hydrogen (secondary N) is 1. The molecule has 0 unspecified atom stereocenters. The highest BCUT2D eigenvalue weighted by atomic mass is 16.3. The van der Waals surface area contributed by atoms with Crippen LogP contribution in [-0.4, -0.2) is 35.8 Å². The van der Waals surface area contributed by atoms with Crippen LogP contribution < -0.4 is 5.32 Å². The Morgan fingerprint density at radius 1 is 1.17 bits per heavy atom. The molecule has 5 heteroatoms. The lowest BCUT2D eigenvalue weighted by Crippen LogP contribution is -2.44. The average molecular weight is 392 g/mol. The van der Waals surface area contributed by atoms with E-state index >= 15 is 0 Å². The minimum Gasteiger partial charge on any atom is -0.469 e. The zero-order chi connectivity index (χ0) is 20.0. The van der Waals surface area contributed by atoms with Gasteiger partial charge in [-0.05, 0) is 67.6 Å². The molecule has 2 fully saturated rings. The van der Waals surface area contributed by atoms with Crippen LogP contribution in [-0.2, 0) is 10.2 Å². The summed E-state index contributed by atoms with van der Waals surface area (Å²) in [5.74, 6) is 1.22. The molecule has 5 nitrogen and oxygen atoms in total. The summed E-state index contributed by atoms with van der Waals surface area (Å²) in [5, 5.41) is 3.15. The van der Waals surface area contributed by atoms with E-state index in [1.165, 1.54) is 11.1 Å². The van der Waals surface area contributed by atoms with E-state index in [0.29, 0.717) is 23.8 Å². The first-order chi connectivity index (χ1) is 14.1. The molecule has 2 aliphatic carbocycles. The van der Waals surface area contributed by atoms with Crippen LogP contribution in [0.3, 0.4) is 0 Å². The van der Waals surface area contributed by atoms with Gasteiger partial charge in [-0.3, -0.25) is 9.59 Å². The molecule has 5 rings (SSSR count). The normalized spacial score (nSPS) is 22.5. The van der Waals surface area contributed by atoms with Gasteiger partial charge in [-0.15, -0.1) is 0 Å². The number of hydrogen-bond acceptors (Lipinski definition) is 3. The van der Waals surface area contributed by atoms with E-state index in [4.69, 9.17) is 4.42 Å². The fraction of sp³-hybridized carbons (Fsp3) is 0.500. The third-order valence-electron chi connectivity index (χ3n) is 7.08. The minimum atomic E-state index is 0.0674. The number of nitrogens with zero attached hydrogens (tertiary/aromatic N) is 1. The van der Waals surface area contributed by atoms with Crippen molar-refractivity contribution in [2.75, 3.05) is 13.1 Å². The topological polar surface area (TPSA) is 62.6 Å². The van der Waals surface area contributed by atoms with E-state index in [0.717, 1.165) is 45.2 Å². The fourth-order valence-electron chi connectivity index (χ4n) is 5.34. The van der Waals surface area contributed by atoms with Crippen molar-refractivity contribution in [1.82, 2.24) is 10.2 Å². The lowest BCUT2D eigenvalue weighted by atomic mass is 9.73. The first kappa shape index (κ1) is 18.5. The first-order valence-corrected chi connectivity index (χ1v) is 10.8. The van der Waals surface area contributed by atoms with Gasteiger partial charge in [0.1, 0.15) is 5.76 Å². The summed E-state index contributed by atoms with van der Waals surface area (Å²) in [5.41, 5.74) is 3.49. The van der Waals surface area contributed by atoms with Crippen molar-refractivity contribution >= 4 is 11.8 Å². The second kappa shape index (κ2) is 7.05. The third-order valence-corrected chi connectivity index (χ3v) is 7.08. The molecule has 0 bridgehead atoms. The van der Waals surface area contributed by atoms with E-state index in [9.17, 15) is 9.59 Å². The average Bonchev–Trinajstić information content (AvgIpc) is 3.36. The van der Waals surface area contributed by atoms with Gasteiger partial charge < -0.3 is 14.6 Å². The van der Waals surface area contributed by atoms with Crippen LogP contribution in [0, 0.1) is 6.92 Å². The van der Waals surface area contributed by atoms with Crippen LogP contribution in [0.1, 0.15) is 71.7 Å². The molecular weight excluding hydrogens is 364 g/mol. The third kappa shape index (κ3) is 3.37. The van der Waals surface area contributed by atoms with E-state index in [1.807, 2.05) is 11.8 Å². The number of likely N-dealkylation sites (tertiary alicyclic amines) is 1. The molecular formula is C24H28N2O3.